The van der Waals surface area contributed by atoms with E-state index in [9.17, 15) is 10.1 Å². The highest BCUT2D eigenvalue weighted by molar-refractivity contribution is 9.10. The molecule has 1 N–H and O–H groups in total. The first kappa shape index (κ1) is 21.4. The van der Waals surface area contributed by atoms with Crippen LogP contribution in [0.5, 0.6) is 11.5 Å². The van der Waals surface area contributed by atoms with Gasteiger partial charge in [0.15, 0.2) is 0 Å². The predicted octanol–water partition coefficient (Wildman–Crippen LogP) is 6.47. The number of para-hydroxylation sites is 1. The molecule has 5 nitrogen and oxygen atoms in total. The fourth-order valence-corrected chi connectivity index (χ4v) is 3.13. The first-order valence-electron chi connectivity index (χ1n) is 9.35. The lowest BCUT2D eigenvalue weighted by Crippen LogP contribution is -2.41. The van der Waals surface area contributed by atoms with Crippen LogP contribution >= 0.6 is 15.9 Å². The van der Waals surface area contributed by atoms with Crippen molar-refractivity contribution in [2.45, 2.75) is 25.5 Å². The maximum Gasteiger partial charge on any atom is 0.409 e. The number of nitrogens with one attached hydrogen (secondary N) is 1. The maximum atomic E-state index is 12.5. The van der Waals surface area contributed by atoms with Crippen molar-refractivity contribution < 1.29 is 14.3 Å². The van der Waals surface area contributed by atoms with E-state index < -0.39 is 17.7 Å². The molecule has 3 rings (SSSR count). The molecule has 0 fully saturated rings. The Balaban J connectivity index is 1.69. The Kier molecular flexibility index (Phi) is 6.76. The van der Waals surface area contributed by atoms with Gasteiger partial charge >= 0.3 is 6.09 Å². The Morgan fingerprint density at radius 3 is 2.33 bits per heavy atom. The fourth-order valence-electron chi connectivity index (χ4n) is 2.87. The van der Waals surface area contributed by atoms with Crippen LogP contribution in [-0.2, 0) is 10.3 Å². The Morgan fingerprint density at radius 2 is 1.67 bits per heavy atom. The quantitative estimate of drug-likeness (QED) is 0.453. The summed E-state index contributed by atoms with van der Waals surface area (Å²) in [5, 5.41) is 12.4. The molecular formula is C24H21BrN2O3. The summed E-state index contributed by atoms with van der Waals surface area (Å²) in [6, 6.07) is 25.9. The largest absolute Gasteiger partial charge is 0.457 e. The SMILES string of the molecule is CC(C)(NC(=O)OC(C#N)c1cccc(Oc2ccccc2)c1)c1ccc(Br)cc1. The molecule has 0 bridgehead atoms. The van der Waals surface area contributed by atoms with Gasteiger partial charge in [0.2, 0.25) is 6.10 Å². The zero-order valence-corrected chi connectivity index (χ0v) is 18.2. The number of carbonyl (C=O) groups is 1. The third-order valence-electron chi connectivity index (χ3n) is 4.46. The van der Waals surface area contributed by atoms with Crippen molar-refractivity contribution in [1.29, 1.82) is 5.26 Å². The minimum atomic E-state index is -1.06. The number of hydrogen-bond acceptors (Lipinski definition) is 4. The van der Waals surface area contributed by atoms with Crippen molar-refractivity contribution in [3.05, 3.63) is 94.5 Å². The van der Waals surface area contributed by atoms with Gasteiger partial charge in [-0.1, -0.05) is 58.4 Å². The molecule has 152 valence electrons. The maximum absolute atomic E-state index is 12.5. The second kappa shape index (κ2) is 9.47. The highest BCUT2D eigenvalue weighted by atomic mass is 79.9. The summed E-state index contributed by atoms with van der Waals surface area (Å²) in [4.78, 5) is 12.5. The Bertz CT molecular complexity index is 1040. The fraction of sp³-hybridized carbons (Fsp3) is 0.167. The molecule has 0 radical (unpaired) electrons. The van der Waals surface area contributed by atoms with E-state index in [0.29, 0.717) is 17.1 Å². The summed E-state index contributed by atoms with van der Waals surface area (Å²) >= 11 is 3.40. The van der Waals surface area contributed by atoms with Crippen LogP contribution in [0.3, 0.4) is 0 Å². The van der Waals surface area contributed by atoms with Crippen LogP contribution in [-0.4, -0.2) is 6.09 Å². The van der Waals surface area contributed by atoms with Crippen molar-refractivity contribution in [3.8, 4) is 17.6 Å². The molecule has 0 aliphatic carbocycles. The lowest BCUT2D eigenvalue weighted by atomic mass is 9.95. The van der Waals surface area contributed by atoms with E-state index in [1.54, 1.807) is 24.3 Å². The Hall–Kier alpha value is -3.30. The summed E-state index contributed by atoms with van der Waals surface area (Å²) < 4.78 is 12.1. The Labute approximate surface area is 184 Å². The molecule has 30 heavy (non-hydrogen) atoms. The van der Waals surface area contributed by atoms with Crippen LogP contribution in [0.4, 0.5) is 4.79 Å². The molecule has 1 unspecified atom stereocenters. The minimum Gasteiger partial charge on any atom is -0.457 e. The Morgan fingerprint density at radius 1 is 1.00 bits per heavy atom. The van der Waals surface area contributed by atoms with Gasteiger partial charge < -0.3 is 14.8 Å². The standard InChI is InChI=1S/C24H21BrN2O3/c1-24(2,18-11-13-19(25)14-12-18)27-23(28)30-22(16-26)17-7-6-10-21(15-17)29-20-8-4-3-5-9-20/h3-15,22H,1-2H3,(H,27,28). The van der Waals surface area contributed by atoms with Crippen LogP contribution in [0.2, 0.25) is 0 Å². The average molecular weight is 465 g/mol. The topological polar surface area (TPSA) is 71.3 Å². The van der Waals surface area contributed by atoms with E-state index in [4.69, 9.17) is 9.47 Å². The molecule has 0 aromatic heterocycles. The highest BCUT2D eigenvalue weighted by Gasteiger charge is 2.26. The summed E-state index contributed by atoms with van der Waals surface area (Å²) in [5.74, 6) is 1.23. The molecule has 1 amide bonds. The van der Waals surface area contributed by atoms with Gasteiger partial charge in [0.1, 0.15) is 17.6 Å². The molecule has 1 atom stereocenters. The zero-order valence-electron chi connectivity index (χ0n) is 16.6. The van der Waals surface area contributed by atoms with Crippen molar-refractivity contribution in [2.24, 2.45) is 0 Å². The second-order valence-electron chi connectivity index (χ2n) is 7.16. The smallest absolute Gasteiger partial charge is 0.409 e. The summed E-state index contributed by atoms with van der Waals surface area (Å²) in [6.45, 7) is 3.74. The molecule has 0 spiro atoms. The van der Waals surface area contributed by atoms with E-state index in [0.717, 1.165) is 10.0 Å². The molecule has 0 heterocycles. The van der Waals surface area contributed by atoms with Crippen molar-refractivity contribution >= 4 is 22.0 Å². The van der Waals surface area contributed by atoms with Crippen LogP contribution in [0.25, 0.3) is 0 Å². The average Bonchev–Trinajstić information content (AvgIpc) is 2.73. The van der Waals surface area contributed by atoms with E-state index in [1.807, 2.05) is 74.5 Å². The number of halogens is 1. The molecule has 3 aromatic rings. The number of amides is 1. The van der Waals surface area contributed by atoms with Gasteiger partial charge in [0.25, 0.3) is 0 Å². The molecule has 0 aliphatic heterocycles. The van der Waals surface area contributed by atoms with Crippen LogP contribution in [0, 0.1) is 11.3 Å². The van der Waals surface area contributed by atoms with Crippen LogP contribution in [0.1, 0.15) is 31.1 Å². The first-order chi connectivity index (χ1) is 14.4. The van der Waals surface area contributed by atoms with Gasteiger partial charge in [-0.3, -0.25) is 0 Å². The molecule has 6 heteroatoms. The van der Waals surface area contributed by atoms with Gasteiger partial charge in [0.05, 0.1) is 5.54 Å². The molecule has 0 aliphatic rings. The van der Waals surface area contributed by atoms with Gasteiger partial charge in [-0.05, 0) is 55.8 Å². The number of ether oxygens (including phenoxy) is 2. The third kappa shape index (κ3) is 5.62. The number of nitrogens with zero attached hydrogens (tertiary/aromatic N) is 1. The van der Waals surface area contributed by atoms with E-state index in [2.05, 4.69) is 21.2 Å². The minimum absolute atomic E-state index is 0.530. The van der Waals surface area contributed by atoms with Gasteiger partial charge in [-0.25, -0.2) is 4.79 Å². The van der Waals surface area contributed by atoms with Gasteiger partial charge in [-0.2, -0.15) is 5.26 Å². The van der Waals surface area contributed by atoms with Gasteiger partial charge in [0, 0.05) is 10.0 Å². The number of alkyl carbamates (subject to hydrolysis) is 1. The van der Waals surface area contributed by atoms with E-state index in [-0.39, 0.29) is 0 Å². The normalized spacial score (nSPS) is 11.8. The van der Waals surface area contributed by atoms with Gasteiger partial charge in [-0.15, -0.1) is 0 Å². The molecular weight excluding hydrogens is 444 g/mol. The number of hydrogen-bond donors (Lipinski definition) is 1. The number of carbonyl (C=O) groups excluding carboxylic acids is 1. The number of nitriles is 1. The van der Waals surface area contributed by atoms with E-state index in [1.165, 1.54) is 0 Å². The van der Waals surface area contributed by atoms with Crippen molar-refractivity contribution in [1.82, 2.24) is 5.32 Å². The molecule has 3 aromatic carbocycles. The monoisotopic (exact) mass is 464 g/mol. The van der Waals surface area contributed by atoms with Crippen molar-refractivity contribution in [2.75, 3.05) is 0 Å². The second-order valence-corrected chi connectivity index (χ2v) is 8.07. The van der Waals surface area contributed by atoms with Crippen LogP contribution in [0.15, 0.2) is 83.3 Å². The summed E-state index contributed by atoms with van der Waals surface area (Å²) in [5.41, 5.74) is 0.771. The number of rotatable bonds is 6. The van der Waals surface area contributed by atoms with E-state index >= 15 is 0 Å². The van der Waals surface area contributed by atoms with Crippen molar-refractivity contribution in [3.63, 3.8) is 0 Å². The molecule has 0 saturated carbocycles. The zero-order chi connectivity index (χ0) is 21.6. The number of benzene rings is 3. The predicted molar refractivity (Wildman–Crippen MR) is 118 cm³/mol. The summed E-state index contributed by atoms with van der Waals surface area (Å²) in [6.07, 6.45) is -1.74. The molecule has 0 saturated heterocycles. The first-order valence-corrected chi connectivity index (χ1v) is 10.1. The summed E-state index contributed by atoms with van der Waals surface area (Å²) in [7, 11) is 0. The lowest BCUT2D eigenvalue weighted by molar-refractivity contribution is 0.113. The lowest BCUT2D eigenvalue weighted by Gasteiger charge is -2.27. The third-order valence-corrected chi connectivity index (χ3v) is 4.99. The highest BCUT2D eigenvalue weighted by Crippen LogP contribution is 2.27. The van der Waals surface area contributed by atoms with Crippen LogP contribution < -0.4 is 10.1 Å².